The number of carbonyl (C=O) groups is 2. The minimum Gasteiger partial charge on any atom is -0.456 e. The first-order chi connectivity index (χ1) is 24.2. The molecule has 0 fully saturated rings. The standard InChI is InChI=1S/C20H22N2O4S.C18H22N2O4S/c1-5-21-17-8-6-7-9-18(17)27(24,25)22-14-15-10-12-16(13-11-15)19(23)26-20(2,3)4;1-18(2,3)24-17(21)14-10-8-13(9-11-14)12-20-25(22,23)16-7-5-4-6-15(16)19/h6-13,22H,1,14H2,2-4H3;4-11,20H,12,19H2,1-3H3. The zero-order valence-electron chi connectivity index (χ0n) is 30.0. The van der Waals surface area contributed by atoms with Crippen LogP contribution in [-0.4, -0.2) is 45.8 Å². The van der Waals surface area contributed by atoms with E-state index in [9.17, 15) is 26.4 Å². The van der Waals surface area contributed by atoms with Gasteiger partial charge in [0.1, 0.15) is 21.0 Å². The van der Waals surface area contributed by atoms with E-state index in [0.29, 0.717) is 22.3 Å². The fraction of sp³-hybridized carbons (Fsp3) is 0.263. The lowest BCUT2D eigenvalue weighted by molar-refractivity contribution is 0.00570. The van der Waals surface area contributed by atoms with Gasteiger partial charge in [0.25, 0.3) is 0 Å². The fourth-order valence-corrected chi connectivity index (χ4v) is 6.60. The highest BCUT2D eigenvalue weighted by molar-refractivity contribution is 7.90. The Hall–Kier alpha value is -5.11. The minimum atomic E-state index is -3.76. The van der Waals surface area contributed by atoms with Crippen LogP contribution in [0.1, 0.15) is 73.4 Å². The molecule has 0 heterocycles. The lowest BCUT2D eigenvalue weighted by Gasteiger charge is -2.19. The molecule has 4 aromatic carbocycles. The topological polar surface area (TPSA) is 183 Å². The molecule has 0 atom stereocenters. The summed E-state index contributed by atoms with van der Waals surface area (Å²) < 4.78 is 65.3. The molecule has 0 bridgehead atoms. The van der Waals surface area contributed by atoms with Crippen molar-refractivity contribution >= 4 is 49.2 Å². The normalized spacial score (nSPS) is 11.7. The summed E-state index contributed by atoms with van der Waals surface area (Å²) in [5.41, 5.74) is 7.25. The van der Waals surface area contributed by atoms with Crippen molar-refractivity contribution in [1.29, 1.82) is 0 Å². The number of carbonyl (C=O) groups excluding carboxylic acids is 2. The number of rotatable bonds is 11. The van der Waals surface area contributed by atoms with Crippen LogP contribution in [0.2, 0.25) is 0 Å². The fourth-order valence-electron chi connectivity index (χ4n) is 4.29. The molecule has 52 heavy (non-hydrogen) atoms. The quantitative estimate of drug-likeness (QED) is 0.0899. The van der Waals surface area contributed by atoms with E-state index in [1.165, 1.54) is 18.2 Å². The highest BCUT2D eigenvalue weighted by Gasteiger charge is 2.21. The first kappa shape index (κ1) is 41.3. The van der Waals surface area contributed by atoms with Crippen molar-refractivity contribution in [2.45, 2.75) is 75.6 Å². The van der Waals surface area contributed by atoms with Gasteiger partial charge in [0.15, 0.2) is 0 Å². The van der Waals surface area contributed by atoms with E-state index in [1.54, 1.807) is 120 Å². The van der Waals surface area contributed by atoms with Crippen molar-refractivity contribution in [2.75, 3.05) is 5.73 Å². The molecule has 0 spiro atoms. The molecule has 12 nitrogen and oxygen atoms in total. The molecule has 276 valence electrons. The number of ether oxygens (including phenoxy) is 2. The Morgan fingerprint density at radius 3 is 1.44 bits per heavy atom. The Labute approximate surface area is 305 Å². The first-order valence-corrected chi connectivity index (χ1v) is 19.0. The van der Waals surface area contributed by atoms with Crippen molar-refractivity contribution in [1.82, 2.24) is 9.44 Å². The monoisotopic (exact) mass is 748 g/mol. The van der Waals surface area contributed by atoms with E-state index >= 15 is 0 Å². The molecule has 0 amide bonds. The summed E-state index contributed by atoms with van der Waals surface area (Å²) in [5, 5.41) is 0. The molecule has 0 saturated carbocycles. The van der Waals surface area contributed by atoms with E-state index < -0.39 is 43.2 Å². The molecule has 0 aliphatic carbocycles. The van der Waals surface area contributed by atoms with Gasteiger partial charge < -0.3 is 15.2 Å². The van der Waals surface area contributed by atoms with Gasteiger partial charge in [-0.3, -0.25) is 0 Å². The van der Waals surface area contributed by atoms with Crippen LogP contribution in [0.15, 0.2) is 118 Å². The van der Waals surface area contributed by atoms with E-state index in [-0.39, 0.29) is 34.3 Å². The summed E-state index contributed by atoms with van der Waals surface area (Å²) in [6, 6.07) is 25.7. The summed E-state index contributed by atoms with van der Waals surface area (Å²) >= 11 is 0. The van der Waals surface area contributed by atoms with Gasteiger partial charge >= 0.3 is 11.9 Å². The predicted octanol–water partition coefficient (Wildman–Crippen LogP) is 6.31. The highest BCUT2D eigenvalue weighted by Crippen LogP contribution is 2.23. The van der Waals surface area contributed by atoms with Gasteiger partial charge in [-0.15, -0.1) is 0 Å². The SMILES string of the molecule is C=C=Nc1ccccc1S(=O)(=O)NCc1ccc(C(=O)OC(C)(C)C)cc1.CC(C)(C)OC(=O)c1ccc(CNS(=O)(=O)c2ccccc2N)cc1. The lowest BCUT2D eigenvalue weighted by Crippen LogP contribution is -2.24. The zero-order valence-corrected chi connectivity index (χ0v) is 31.6. The second-order valence-electron chi connectivity index (χ2n) is 13.3. The molecule has 4 N–H and O–H groups in total. The van der Waals surface area contributed by atoms with Crippen molar-refractivity contribution in [3.05, 3.63) is 126 Å². The van der Waals surface area contributed by atoms with E-state index in [1.807, 2.05) is 0 Å². The maximum Gasteiger partial charge on any atom is 0.338 e. The largest absolute Gasteiger partial charge is 0.456 e. The average molecular weight is 749 g/mol. The molecule has 0 saturated heterocycles. The van der Waals surface area contributed by atoms with Crippen molar-refractivity contribution in [3.63, 3.8) is 0 Å². The van der Waals surface area contributed by atoms with E-state index in [0.717, 1.165) is 0 Å². The van der Waals surface area contributed by atoms with Crippen LogP contribution < -0.4 is 15.2 Å². The molecular formula is C38H44N4O8S2. The minimum absolute atomic E-state index is 0.0420. The van der Waals surface area contributed by atoms with Crippen LogP contribution >= 0.6 is 0 Å². The second kappa shape index (κ2) is 17.4. The summed E-state index contributed by atoms with van der Waals surface area (Å²) in [5.74, 6) is 1.50. The van der Waals surface area contributed by atoms with Crippen LogP contribution in [0.4, 0.5) is 11.4 Å². The van der Waals surface area contributed by atoms with Gasteiger partial charge in [-0.1, -0.05) is 48.5 Å². The summed E-state index contributed by atoms with van der Waals surface area (Å²) in [4.78, 5) is 27.9. The number of hydrogen-bond acceptors (Lipinski definition) is 10. The first-order valence-electron chi connectivity index (χ1n) is 16.0. The van der Waals surface area contributed by atoms with Crippen LogP contribution in [-0.2, 0) is 42.6 Å². The molecular weight excluding hydrogens is 705 g/mol. The van der Waals surface area contributed by atoms with Gasteiger partial charge in [0.05, 0.1) is 22.5 Å². The molecule has 0 aliphatic rings. The molecule has 0 aromatic heterocycles. The number of para-hydroxylation sites is 2. The van der Waals surface area contributed by atoms with Gasteiger partial charge in [0.2, 0.25) is 20.0 Å². The molecule has 14 heteroatoms. The molecule has 0 radical (unpaired) electrons. The smallest absolute Gasteiger partial charge is 0.338 e. The van der Waals surface area contributed by atoms with Crippen LogP contribution in [0, 0.1) is 0 Å². The Kier molecular flexibility index (Phi) is 13.8. The van der Waals surface area contributed by atoms with E-state index in [4.69, 9.17) is 15.2 Å². The summed E-state index contributed by atoms with van der Waals surface area (Å²) in [7, 11) is -7.47. The summed E-state index contributed by atoms with van der Waals surface area (Å²) in [6.45, 7) is 14.3. The summed E-state index contributed by atoms with van der Waals surface area (Å²) in [6.07, 6.45) is 0. The van der Waals surface area contributed by atoms with Crippen LogP contribution in [0.5, 0.6) is 0 Å². The maximum absolute atomic E-state index is 12.5. The average Bonchev–Trinajstić information content (AvgIpc) is 3.06. The van der Waals surface area contributed by atoms with E-state index in [2.05, 4.69) is 26.9 Å². The molecule has 0 unspecified atom stereocenters. The maximum atomic E-state index is 12.5. The molecule has 0 aliphatic heterocycles. The van der Waals surface area contributed by atoms with Crippen molar-refractivity contribution < 1.29 is 35.9 Å². The van der Waals surface area contributed by atoms with Gasteiger partial charge in [0, 0.05) is 13.1 Å². The van der Waals surface area contributed by atoms with Gasteiger partial charge in [-0.05, 0) is 114 Å². The number of nitrogens with two attached hydrogens (primary N) is 1. The number of nitrogens with zero attached hydrogens (tertiary/aromatic N) is 1. The molecule has 4 rings (SSSR count). The van der Waals surface area contributed by atoms with Gasteiger partial charge in [-0.2, -0.15) is 0 Å². The Bertz CT molecular complexity index is 2130. The third kappa shape index (κ3) is 12.9. The number of benzene rings is 4. The number of aliphatic imine (C=N–C) groups is 1. The third-order valence-corrected chi connectivity index (χ3v) is 9.60. The number of nitrogen functional groups attached to an aromatic ring is 1. The number of hydrogen-bond donors (Lipinski definition) is 3. The van der Waals surface area contributed by atoms with Crippen LogP contribution in [0.3, 0.4) is 0 Å². The zero-order chi connectivity index (χ0) is 38.7. The number of anilines is 1. The second-order valence-corrected chi connectivity index (χ2v) is 16.8. The molecule has 4 aromatic rings. The Morgan fingerprint density at radius 1 is 0.654 bits per heavy atom. The van der Waals surface area contributed by atoms with Crippen molar-refractivity contribution in [3.8, 4) is 0 Å². The highest BCUT2D eigenvalue weighted by atomic mass is 32.2. The Balaban J connectivity index is 0.000000281. The van der Waals surface area contributed by atoms with Crippen molar-refractivity contribution in [2.24, 2.45) is 4.99 Å². The predicted molar refractivity (Wildman–Crippen MR) is 201 cm³/mol. The number of esters is 2. The Morgan fingerprint density at radius 2 is 1.04 bits per heavy atom. The van der Waals surface area contributed by atoms with Crippen LogP contribution in [0.25, 0.3) is 0 Å². The van der Waals surface area contributed by atoms with Gasteiger partial charge in [-0.25, -0.2) is 40.9 Å². The number of nitrogens with one attached hydrogen (secondary N) is 2. The number of sulfonamides is 2. The third-order valence-electron chi connectivity index (χ3n) is 6.67. The lowest BCUT2D eigenvalue weighted by atomic mass is 10.1.